The molecule has 1 aromatic rings. The zero-order valence-corrected chi connectivity index (χ0v) is 14.3. The average molecular weight is 308 g/mol. The van der Waals surface area contributed by atoms with Crippen molar-refractivity contribution in [2.24, 2.45) is 5.92 Å². The summed E-state index contributed by atoms with van der Waals surface area (Å²) in [6, 6.07) is 10.4. The first-order valence-electron chi connectivity index (χ1n) is 8.14. The van der Waals surface area contributed by atoms with Crippen molar-refractivity contribution in [1.82, 2.24) is 5.32 Å². The highest BCUT2D eigenvalue weighted by Gasteiger charge is 2.08. The maximum absolute atomic E-state index is 11.8. The van der Waals surface area contributed by atoms with Crippen molar-refractivity contribution in [1.29, 1.82) is 0 Å². The van der Waals surface area contributed by atoms with E-state index in [0.717, 1.165) is 24.5 Å². The first kappa shape index (κ1) is 18.1. The zero-order valence-electron chi connectivity index (χ0n) is 13.4. The Hall–Kier alpha value is -0.960. The number of hydrogen-bond acceptors (Lipinski definition) is 2. The van der Waals surface area contributed by atoms with Crippen LogP contribution in [0.3, 0.4) is 0 Å². The minimum absolute atomic E-state index is 0.200. The van der Waals surface area contributed by atoms with Crippen LogP contribution in [0.5, 0.6) is 0 Å². The fourth-order valence-corrected chi connectivity index (χ4v) is 3.12. The molecule has 1 rings (SSSR count). The summed E-state index contributed by atoms with van der Waals surface area (Å²) >= 11 is 1.83. The monoisotopic (exact) mass is 307 g/mol. The van der Waals surface area contributed by atoms with E-state index in [1.165, 1.54) is 24.8 Å². The average Bonchev–Trinajstić information content (AvgIpc) is 2.53. The van der Waals surface area contributed by atoms with Gasteiger partial charge in [0.05, 0.1) is 0 Å². The van der Waals surface area contributed by atoms with Gasteiger partial charge in [-0.1, -0.05) is 63.4 Å². The second-order valence-electron chi connectivity index (χ2n) is 5.51. The lowest BCUT2D eigenvalue weighted by Crippen LogP contribution is -2.29. The molecule has 0 spiro atoms. The van der Waals surface area contributed by atoms with Crippen LogP contribution in [0.15, 0.2) is 30.3 Å². The lowest BCUT2D eigenvalue weighted by atomic mass is 9.99. The highest BCUT2D eigenvalue weighted by atomic mass is 32.2. The number of nitrogens with one attached hydrogen (secondary N) is 1. The van der Waals surface area contributed by atoms with Crippen molar-refractivity contribution in [3.05, 3.63) is 35.9 Å². The van der Waals surface area contributed by atoms with E-state index in [0.29, 0.717) is 12.3 Å². The summed E-state index contributed by atoms with van der Waals surface area (Å²) in [5.41, 5.74) is 1.33. The molecule has 0 fully saturated rings. The number of amides is 1. The third-order valence-corrected chi connectivity index (χ3v) is 4.75. The maximum atomic E-state index is 11.8. The number of carbonyl (C=O) groups excluding carboxylic acids is 1. The van der Waals surface area contributed by atoms with Crippen LogP contribution in [0, 0.1) is 5.92 Å². The number of thioether (sulfide) groups is 1. The summed E-state index contributed by atoms with van der Waals surface area (Å²) in [7, 11) is 0. The van der Waals surface area contributed by atoms with Crippen LogP contribution in [0.4, 0.5) is 0 Å². The molecule has 1 atom stereocenters. The van der Waals surface area contributed by atoms with Crippen molar-refractivity contribution < 1.29 is 4.79 Å². The van der Waals surface area contributed by atoms with Crippen LogP contribution in [-0.4, -0.2) is 18.2 Å². The Kier molecular flexibility index (Phi) is 10.1. The molecule has 0 saturated carbocycles. The molecule has 1 aromatic carbocycles. The molecule has 0 aromatic heterocycles. The lowest BCUT2D eigenvalue weighted by Gasteiger charge is -2.15. The van der Waals surface area contributed by atoms with Crippen LogP contribution in [0.2, 0.25) is 0 Å². The van der Waals surface area contributed by atoms with E-state index in [4.69, 9.17) is 0 Å². The Morgan fingerprint density at radius 1 is 1.24 bits per heavy atom. The molecule has 0 heterocycles. The highest BCUT2D eigenvalue weighted by molar-refractivity contribution is 7.98. The van der Waals surface area contributed by atoms with E-state index in [9.17, 15) is 4.79 Å². The van der Waals surface area contributed by atoms with Crippen molar-refractivity contribution >= 4 is 17.7 Å². The van der Waals surface area contributed by atoms with E-state index in [2.05, 4.69) is 43.4 Å². The molecule has 0 aliphatic carbocycles. The fraction of sp³-hybridized carbons (Fsp3) is 0.611. The summed E-state index contributed by atoms with van der Waals surface area (Å²) in [4.78, 5) is 11.8. The van der Waals surface area contributed by atoms with Crippen molar-refractivity contribution in [3.63, 3.8) is 0 Å². The van der Waals surface area contributed by atoms with E-state index in [1.54, 1.807) is 0 Å². The molecule has 0 radical (unpaired) electrons. The second kappa shape index (κ2) is 11.7. The number of benzene rings is 1. The highest BCUT2D eigenvalue weighted by Crippen LogP contribution is 2.13. The molecular weight excluding hydrogens is 278 g/mol. The summed E-state index contributed by atoms with van der Waals surface area (Å²) in [5, 5.41) is 3.09. The fourth-order valence-electron chi connectivity index (χ4n) is 2.22. The molecule has 1 N–H and O–H groups in total. The molecule has 0 aliphatic heterocycles. The molecule has 118 valence electrons. The third kappa shape index (κ3) is 8.82. The molecule has 0 bridgehead atoms. The quantitative estimate of drug-likeness (QED) is 0.603. The molecular formula is C18H29NOS. The first-order chi connectivity index (χ1) is 10.3. The van der Waals surface area contributed by atoms with Gasteiger partial charge in [-0.25, -0.2) is 0 Å². The minimum atomic E-state index is 0.200. The van der Waals surface area contributed by atoms with Gasteiger partial charge in [-0.15, -0.1) is 0 Å². The molecule has 21 heavy (non-hydrogen) atoms. The molecule has 1 amide bonds. The summed E-state index contributed by atoms with van der Waals surface area (Å²) in [6.07, 6.45) is 5.52. The predicted octanol–water partition coefficient (Wildman–Crippen LogP) is 4.64. The van der Waals surface area contributed by atoms with Gasteiger partial charge in [0.2, 0.25) is 5.91 Å². The maximum Gasteiger partial charge on any atom is 0.220 e. The van der Waals surface area contributed by atoms with Crippen molar-refractivity contribution in [2.75, 3.05) is 12.3 Å². The molecule has 0 unspecified atom stereocenters. The topological polar surface area (TPSA) is 29.1 Å². The third-order valence-electron chi connectivity index (χ3n) is 3.72. The van der Waals surface area contributed by atoms with Gasteiger partial charge >= 0.3 is 0 Å². The van der Waals surface area contributed by atoms with Gasteiger partial charge in [-0.05, 0) is 17.9 Å². The Labute approximate surface area is 134 Å². The normalized spacial score (nSPS) is 12.1. The molecule has 0 saturated heterocycles. The molecule has 0 aliphatic rings. The molecule has 2 nitrogen and oxygen atoms in total. The zero-order chi connectivity index (χ0) is 15.3. The van der Waals surface area contributed by atoms with Gasteiger partial charge in [-0.3, -0.25) is 4.79 Å². The summed E-state index contributed by atoms with van der Waals surface area (Å²) in [6.45, 7) is 5.27. The largest absolute Gasteiger partial charge is 0.356 e. The standard InChI is InChI=1S/C18H29NOS/c1-3-5-9-16(4-2)14-19-18(20)12-13-21-15-17-10-7-6-8-11-17/h6-8,10-11,16H,3-5,9,12-15H2,1-2H3,(H,19,20)/t16-/m0/s1. The van der Waals surface area contributed by atoms with Gasteiger partial charge in [-0.2, -0.15) is 11.8 Å². The Bertz CT molecular complexity index is 380. The number of unbranched alkanes of at least 4 members (excludes halogenated alkanes) is 1. The van der Waals surface area contributed by atoms with E-state index >= 15 is 0 Å². The number of rotatable bonds is 11. The van der Waals surface area contributed by atoms with E-state index < -0.39 is 0 Å². The van der Waals surface area contributed by atoms with Gasteiger partial charge in [0, 0.05) is 24.5 Å². The Balaban J connectivity index is 2.08. The molecule has 3 heteroatoms. The first-order valence-corrected chi connectivity index (χ1v) is 9.30. The SMILES string of the molecule is CCCC[C@H](CC)CNC(=O)CCSCc1ccccc1. The van der Waals surface area contributed by atoms with Gasteiger partial charge < -0.3 is 5.32 Å². The Morgan fingerprint density at radius 3 is 2.67 bits per heavy atom. The van der Waals surface area contributed by atoms with Crippen LogP contribution in [-0.2, 0) is 10.5 Å². The number of carbonyl (C=O) groups is 1. The van der Waals surface area contributed by atoms with Crippen molar-refractivity contribution in [2.45, 2.75) is 51.7 Å². The van der Waals surface area contributed by atoms with Crippen molar-refractivity contribution in [3.8, 4) is 0 Å². The van der Waals surface area contributed by atoms with Gasteiger partial charge in [0.25, 0.3) is 0 Å². The van der Waals surface area contributed by atoms with Crippen LogP contribution >= 0.6 is 11.8 Å². The van der Waals surface area contributed by atoms with E-state index in [1.807, 2.05) is 17.8 Å². The van der Waals surface area contributed by atoms with Gasteiger partial charge in [0.1, 0.15) is 0 Å². The van der Waals surface area contributed by atoms with Crippen LogP contribution in [0.1, 0.15) is 51.5 Å². The minimum Gasteiger partial charge on any atom is -0.356 e. The smallest absolute Gasteiger partial charge is 0.220 e. The summed E-state index contributed by atoms with van der Waals surface area (Å²) < 4.78 is 0. The second-order valence-corrected chi connectivity index (χ2v) is 6.61. The summed E-state index contributed by atoms with van der Waals surface area (Å²) in [5.74, 6) is 2.73. The van der Waals surface area contributed by atoms with Crippen LogP contribution in [0.25, 0.3) is 0 Å². The lowest BCUT2D eigenvalue weighted by molar-refractivity contribution is -0.120. The van der Waals surface area contributed by atoms with Gasteiger partial charge in [0.15, 0.2) is 0 Å². The van der Waals surface area contributed by atoms with E-state index in [-0.39, 0.29) is 5.91 Å². The van der Waals surface area contributed by atoms with Crippen LogP contribution < -0.4 is 5.32 Å². The Morgan fingerprint density at radius 2 is 2.00 bits per heavy atom. The number of hydrogen-bond donors (Lipinski definition) is 1. The predicted molar refractivity (Wildman–Crippen MR) is 93.5 cm³/mol.